The van der Waals surface area contributed by atoms with E-state index < -0.39 is 12.2 Å². The van der Waals surface area contributed by atoms with Crippen LogP contribution in [0, 0.1) is 25.7 Å². The lowest BCUT2D eigenvalue weighted by Gasteiger charge is -2.37. The molecule has 39 heavy (non-hydrogen) atoms. The Morgan fingerprint density at radius 2 is 1.72 bits per heavy atom. The van der Waals surface area contributed by atoms with Crippen molar-refractivity contribution >= 4 is 39.5 Å². The van der Waals surface area contributed by atoms with E-state index >= 15 is 0 Å². The molecule has 2 aromatic heterocycles. The average molecular weight is 530 g/mol. The highest BCUT2D eigenvalue weighted by Crippen LogP contribution is 2.40. The van der Waals surface area contributed by atoms with Crippen LogP contribution in [0.15, 0.2) is 34.7 Å². The van der Waals surface area contributed by atoms with Crippen molar-refractivity contribution in [3.05, 3.63) is 58.4 Å². The van der Waals surface area contributed by atoms with E-state index in [0.29, 0.717) is 36.0 Å². The molecule has 1 aliphatic heterocycles. The Balaban J connectivity index is 1.35. The Labute approximate surface area is 227 Å². The quantitative estimate of drug-likeness (QED) is 0.281. The van der Waals surface area contributed by atoms with Crippen molar-refractivity contribution < 1.29 is 23.5 Å². The second-order valence-electron chi connectivity index (χ2n) is 11.3. The molecule has 2 aromatic carbocycles. The molecule has 1 unspecified atom stereocenters. The van der Waals surface area contributed by atoms with Crippen LogP contribution in [-0.2, 0) is 34.5 Å². The van der Waals surface area contributed by atoms with Gasteiger partial charge >= 0.3 is 5.97 Å². The lowest BCUT2D eigenvalue weighted by Crippen LogP contribution is -2.48. The van der Waals surface area contributed by atoms with E-state index in [1.165, 1.54) is 0 Å². The lowest BCUT2D eigenvalue weighted by atomic mass is 9.82. The number of anilines is 1. The summed E-state index contributed by atoms with van der Waals surface area (Å²) in [7, 11) is 1.92. The maximum absolute atomic E-state index is 13.7. The maximum atomic E-state index is 13.7. The molecule has 2 aliphatic rings. The molecule has 4 aromatic rings. The van der Waals surface area contributed by atoms with Gasteiger partial charge in [0, 0.05) is 23.7 Å². The molecule has 0 N–H and O–H groups in total. The van der Waals surface area contributed by atoms with E-state index in [4.69, 9.17) is 13.9 Å². The predicted molar refractivity (Wildman–Crippen MR) is 148 cm³/mol. The Morgan fingerprint density at radius 1 is 1.00 bits per heavy atom. The molecule has 204 valence electrons. The number of carbonyl (C=O) groups excluding carboxylic acids is 2. The summed E-state index contributed by atoms with van der Waals surface area (Å²) in [6.07, 6.45) is 3.16. The molecular weight excluding hydrogens is 494 g/mol. The minimum absolute atomic E-state index is 0.0330. The minimum atomic E-state index is -0.658. The van der Waals surface area contributed by atoms with Gasteiger partial charge < -0.3 is 13.9 Å². The maximum Gasteiger partial charge on any atom is 0.342 e. The molecule has 1 fully saturated rings. The number of ether oxygens (including phenoxy) is 2. The first-order chi connectivity index (χ1) is 18.7. The van der Waals surface area contributed by atoms with Crippen molar-refractivity contribution in [2.24, 2.45) is 18.9 Å². The fourth-order valence-electron chi connectivity index (χ4n) is 6.05. The van der Waals surface area contributed by atoms with Gasteiger partial charge in [-0.2, -0.15) is 5.10 Å². The number of cyclic esters (lactones) is 1. The van der Waals surface area contributed by atoms with Gasteiger partial charge in [0.15, 0.2) is 6.23 Å². The summed E-state index contributed by atoms with van der Waals surface area (Å²) in [5.74, 6) is 0.187. The number of benzene rings is 2. The second kappa shape index (κ2) is 9.83. The zero-order valence-electron chi connectivity index (χ0n) is 23.2. The number of hydrogen-bond acceptors (Lipinski definition) is 6. The number of fused-ring (bicyclic) bond motifs is 4. The lowest BCUT2D eigenvalue weighted by molar-refractivity contribution is -0.125. The first-order valence-corrected chi connectivity index (χ1v) is 13.8. The van der Waals surface area contributed by atoms with Crippen LogP contribution in [-0.4, -0.2) is 27.9 Å². The SMILES string of the molecule is Cc1cc(COCc2cc3c(cc2C)oc2cc4c(cc23)N(C(=O)C2CCC(C)CC2)C(C)OC4=O)n(C)n1. The van der Waals surface area contributed by atoms with Crippen LogP contribution in [0.1, 0.15) is 72.4 Å². The molecule has 6 rings (SSSR count). The zero-order valence-corrected chi connectivity index (χ0v) is 23.2. The van der Waals surface area contributed by atoms with Gasteiger partial charge in [-0.15, -0.1) is 0 Å². The number of esters is 1. The third-order valence-electron chi connectivity index (χ3n) is 8.38. The summed E-state index contributed by atoms with van der Waals surface area (Å²) >= 11 is 0. The van der Waals surface area contributed by atoms with E-state index in [1.807, 2.05) is 43.8 Å². The predicted octanol–water partition coefficient (Wildman–Crippen LogP) is 6.33. The van der Waals surface area contributed by atoms with Gasteiger partial charge in [-0.25, -0.2) is 4.79 Å². The zero-order chi connectivity index (χ0) is 27.4. The summed E-state index contributed by atoms with van der Waals surface area (Å²) in [6, 6.07) is 9.77. The molecule has 3 heterocycles. The van der Waals surface area contributed by atoms with Crippen molar-refractivity contribution in [3.63, 3.8) is 0 Å². The van der Waals surface area contributed by atoms with Gasteiger partial charge in [0.2, 0.25) is 5.91 Å². The number of hydrogen-bond donors (Lipinski definition) is 0. The van der Waals surface area contributed by atoms with E-state index in [2.05, 4.69) is 18.1 Å². The molecular formula is C31H35N3O5. The van der Waals surface area contributed by atoms with Crippen LogP contribution in [0.5, 0.6) is 0 Å². The fourth-order valence-corrected chi connectivity index (χ4v) is 6.05. The number of amides is 1. The van der Waals surface area contributed by atoms with E-state index in [0.717, 1.165) is 64.6 Å². The Kier molecular flexibility index (Phi) is 6.46. The Hall–Kier alpha value is -3.65. The molecule has 0 spiro atoms. The molecule has 8 heteroatoms. The van der Waals surface area contributed by atoms with Gasteiger partial charge in [-0.3, -0.25) is 14.4 Å². The highest BCUT2D eigenvalue weighted by molar-refractivity contribution is 6.13. The van der Waals surface area contributed by atoms with Crippen LogP contribution >= 0.6 is 0 Å². The van der Waals surface area contributed by atoms with Gasteiger partial charge in [0.25, 0.3) is 0 Å². The number of carbonyl (C=O) groups is 2. The molecule has 8 nitrogen and oxygen atoms in total. The van der Waals surface area contributed by atoms with Gasteiger partial charge in [0.05, 0.1) is 35.9 Å². The van der Waals surface area contributed by atoms with Crippen molar-refractivity contribution in [2.75, 3.05) is 4.90 Å². The van der Waals surface area contributed by atoms with Gasteiger partial charge in [0.1, 0.15) is 11.2 Å². The Morgan fingerprint density at radius 3 is 2.44 bits per heavy atom. The molecule has 0 radical (unpaired) electrons. The van der Waals surface area contributed by atoms with E-state index in [9.17, 15) is 9.59 Å². The van der Waals surface area contributed by atoms with Gasteiger partial charge in [-0.1, -0.05) is 6.92 Å². The summed E-state index contributed by atoms with van der Waals surface area (Å²) in [6.45, 7) is 8.92. The molecule has 1 aliphatic carbocycles. The van der Waals surface area contributed by atoms with Crippen molar-refractivity contribution in [1.82, 2.24) is 9.78 Å². The second-order valence-corrected chi connectivity index (χ2v) is 11.3. The van der Waals surface area contributed by atoms with Crippen molar-refractivity contribution in [1.29, 1.82) is 0 Å². The Bertz CT molecular complexity index is 1590. The van der Waals surface area contributed by atoms with Gasteiger partial charge in [-0.05, 0) is 93.8 Å². The summed E-state index contributed by atoms with van der Waals surface area (Å²) < 4.78 is 19.7. The molecule has 1 atom stereocenters. The standard InChI is InChI=1S/C31H35N3O5/c1-17-6-8-21(9-7-17)30(35)34-20(4)38-31(36)26-14-29-25(13-27(26)34)24-12-22(18(2)10-28(24)39-29)15-37-16-23-11-19(3)32-33(23)5/h10-14,17,20-21H,6-9,15-16H2,1-5H3. The first-order valence-electron chi connectivity index (χ1n) is 13.8. The average Bonchev–Trinajstić information content (AvgIpc) is 3.40. The monoisotopic (exact) mass is 529 g/mol. The number of nitrogens with zero attached hydrogens (tertiary/aromatic N) is 3. The van der Waals surface area contributed by atoms with Crippen LogP contribution < -0.4 is 4.90 Å². The molecule has 1 amide bonds. The summed E-state index contributed by atoms with van der Waals surface area (Å²) in [5.41, 5.74) is 6.39. The smallest absolute Gasteiger partial charge is 0.342 e. The third kappa shape index (κ3) is 4.61. The number of aromatic nitrogens is 2. The fraction of sp³-hybridized carbons (Fsp3) is 0.452. The normalized spacial score (nSPS) is 21.4. The minimum Gasteiger partial charge on any atom is -0.456 e. The third-order valence-corrected chi connectivity index (χ3v) is 8.38. The first kappa shape index (κ1) is 25.6. The van der Waals surface area contributed by atoms with Crippen LogP contribution in [0.25, 0.3) is 21.9 Å². The van der Waals surface area contributed by atoms with E-state index in [1.54, 1.807) is 17.9 Å². The summed E-state index contributed by atoms with van der Waals surface area (Å²) in [4.78, 5) is 28.3. The van der Waals surface area contributed by atoms with Crippen LogP contribution in [0.3, 0.4) is 0 Å². The highest BCUT2D eigenvalue weighted by atomic mass is 16.6. The number of rotatable bonds is 5. The highest BCUT2D eigenvalue weighted by Gasteiger charge is 2.38. The van der Waals surface area contributed by atoms with Crippen molar-refractivity contribution in [2.45, 2.75) is 72.8 Å². The number of furan rings is 1. The topological polar surface area (TPSA) is 86.8 Å². The van der Waals surface area contributed by atoms with Crippen LogP contribution in [0.4, 0.5) is 5.69 Å². The van der Waals surface area contributed by atoms with Crippen molar-refractivity contribution in [3.8, 4) is 0 Å². The molecule has 1 saturated carbocycles. The summed E-state index contributed by atoms with van der Waals surface area (Å²) in [5, 5.41) is 6.18. The largest absolute Gasteiger partial charge is 0.456 e. The molecule has 0 saturated heterocycles. The number of aryl methyl sites for hydroxylation is 3. The van der Waals surface area contributed by atoms with Crippen LogP contribution in [0.2, 0.25) is 0 Å². The van der Waals surface area contributed by atoms with E-state index in [-0.39, 0.29) is 11.8 Å². The molecule has 0 bridgehead atoms.